The van der Waals surface area contributed by atoms with Crippen LogP contribution in [-0.4, -0.2) is 7.11 Å². The van der Waals surface area contributed by atoms with E-state index < -0.39 is 0 Å². The highest BCUT2D eigenvalue weighted by Crippen LogP contribution is 2.53. The van der Waals surface area contributed by atoms with E-state index in [1.54, 1.807) is 7.11 Å². The first kappa shape index (κ1) is 14.3. The van der Waals surface area contributed by atoms with Crippen molar-refractivity contribution in [3.05, 3.63) is 71.9 Å². The van der Waals surface area contributed by atoms with Crippen LogP contribution in [0.1, 0.15) is 26.3 Å². The molecule has 1 aromatic carbocycles. The van der Waals surface area contributed by atoms with E-state index >= 15 is 0 Å². The third-order valence-electron chi connectivity index (χ3n) is 4.02. The van der Waals surface area contributed by atoms with Gasteiger partial charge in [-0.25, -0.2) is 0 Å². The molecule has 3 rings (SSSR count). The van der Waals surface area contributed by atoms with E-state index in [4.69, 9.17) is 4.74 Å². The van der Waals surface area contributed by atoms with Crippen LogP contribution in [0.3, 0.4) is 0 Å². The van der Waals surface area contributed by atoms with Gasteiger partial charge in [0, 0.05) is 18.9 Å². The fourth-order valence-corrected chi connectivity index (χ4v) is 3.36. The largest absolute Gasteiger partial charge is 0.367 e. The molecule has 0 fully saturated rings. The standard InChI is InChI=1S/C20H22O/c1-20(2,3)12-17-15-10-11-16(17)19(18(15)13-21-4)14-8-6-5-7-9-14/h5-12,15-16H,1-4H3/t15-,16+/m1/s1. The molecule has 0 aliphatic heterocycles. The second-order valence-electron chi connectivity index (χ2n) is 6.85. The van der Waals surface area contributed by atoms with Crippen molar-refractivity contribution in [1.82, 2.24) is 0 Å². The first-order chi connectivity index (χ1) is 10.0. The molecule has 1 aromatic rings. The lowest BCUT2D eigenvalue weighted by atomic mass is 9.87. The van der Waals surface area contributed by atoms with E-state index in [-0.39, 0.29) is 5.41 Å². The van der Waals surface area contributed by atoms with Crippen molar-refractivity contribution < 1.29 is 4.74 Å². The summed E-state index contributed by atoms with van der Waals surface area (Å²) in [6, 6.07) is 10.6. The van der Waals surface area contributed by atoms with Crippen molar-refractivity contribution in [3.8, 4) is 0 Å². The number of allylic oxidation sites excluding steroid dienone is 5. The molecule has 2 atom stereocenters. The lowest BCUT2D eigenvalue weighted by Crippen LogP contribution is -2.06. The molecule has 0 heterocycles. The summed E-state index contributed by atoms with van der Waals surface area (Å²) in [7, 11) is 1.68. The molecule has 2 aliphatic rings. The van der Waals surface area contributed by atoms with Crippen LogP contribution in [0.4, 0.5) is 0 Å². The normalized spacial score (nSPS) is 26.2. The number of hydrogen-bond acceptors (Lipinski definition) is 1. The highest BCUT2D eigenvalue weighted by molar-refractivity contribution is 5.83. The molecule has 0 spiro atoms. The molecule has 0 N–H and O–H groups in total. The van der Waals surface area contributed by atoms with E-state index in [9.17, 15) is 0 Å². The van der Waals surface area contributed by atoms with Gasteiger partial charge in [0.05, 0.1) is 0 Å². The summed E-state index contributed by atoms with van der Waals surface area (Å²) >= 11 is 0. The zero-order chi connectivity index (χ0) is 15.0. The molecule has 2 radical (unpaired) electrons. The van der Waals surface area contributed by atoms with E-state index in [0.29, 0.717) is 11.8 Å². The minimum atomic E-state index is 0.183. The average molecular weight is 278 g/mol. The maximum Gasteiger partial charge on any atom is 0.162 e. The number of fused-ring (bicyclic) bond motifs is 2. The lowest BCUT2D eigenvalue weighted by molar-refractivity contribution is 0.287. The smallest absolute Gasteiger partial charge is 0.162 e. The summed E-state index contributed by atoms with van der Waals surface area (Å²) < 4.78 is 5.24. The van der Waals surface area contributed by atoms with Crippen LogP contribution in [0.2, 0.25) is 0 Å². The molecular weight excluding hydrogens is 256 g/mol. The fourth-order valence-electron chi connectivity index (χ4n) is 3.36. The van der Waals surface area contributed by atoms with Crippen LogP contribution in [0.5, 0.6) is 0 Å². The SMILES string of the molecule is CO[C]C1=C(c2ccccc2)[C@H]2C=C[C@@H]1C2=CC(C)(C)C. The van der Waals surface area contributed by atoms with Gasteiger partial charge in [0.1, 0.15) is 0 Å². The number of methoxy groups -OCH3 is 1. The number of ether oxygens (including phenoxy) is 1. The van der Waals surface area contributed by atoms with Crippen LogP contribution in [0.25, 0.3) is 5.57 Å². The highest BCUT2D eigenvalue weighted by Gasteiger charge is 2.40. The lowest BCUT2D eigenvalue weighted by Gasteiger charge is -2.17. The van der Waals surface area contributed by atoms with Gasteiger partial charge in [-0.15, -0.1) is 0 Å². The van der Waals surface area contributed by atoms with Crippen molar-refractivity contribution in [2.45, 2.75) is 20.8 Å². The number of benzene rings is 1. The second kappa shape index (κ2) is 5.31. The Bertz CT molecular complexity index is 611. The Balaban J connectivity index is 2.07. The van der Waals surface area contributed by atoms with Gasteiger partial charge in [0.2, 0.25) is 0 Å². The van der Waals surface area contributed by atoms with Crippen LogP contribution < -0.4 is 0 Å². The van der Waals surface area contributed by atoms with Gasteiger partial charge in [-0.2, -0.15) is 0 Å². The van der Waals surface area contributed by atoms with Gasteiger partial charge in [0.15, 0.2) is 6.61 Å². The van der Waals surface area contributed by atoms with Gasteiger partial charge in [-0.1, -0.05) is 74.9 Å². The molecule has 21 heavy (non-hydrogen) atoms. The molecule has 0 aromatic heterocycles. The number of rotatable bonds is 3. The van der Waals surface area contributed by atoms with Crippen LogP contribution in [-0.2, 0) is 4.74 Å². The maximum atomic E-state index is 5.24. The maximum absolute atomic E-state index is 5.24. The van der Waals surface area contributed by atoms with Crippen molar-refractivity contribution >= 4 is 5.57 Å². The zero-order valence-corrected chi connectivity index (χ0v) is 13.2. The van der Waals surface area contributed by atoms with E-state index in [1.165, 1.54) is 22.3 Å². The van der Waals surface area contributed by atoms with Gasteiger partial charge >= 0.3 is 0 Å². The van der Waals surface area contributed by atoms with Crippen molar-refractivity contribution in [2.75, 3.05) is 7.11 Å². The number of hydrogen-bond donors (Lipinski definition) is 0. The monoisotopic (exact) mass is 278 g/mol. The Morgan fingerprint density at radius 1 is 1.05 bits per heavy atom. The summed E-state index contributed by atoms with van der Waals surface area (Å²) in [6.07, 6.45) is 7.02. The Morgan fingerprint density at radius 3 is 2.33 bits per heavy atom. The summed E-state index contributed by atoms with van der Waals surface area (Å²) in [5.74, 6) is 0.693. The summed E-state index contributed by atoms with van der Waals surface area (Å²) in [5, 5.41) is 0. The Kier molecular flexibility index (Phi) is 3.62. The Morgan fingerprint density at radius 2 is 1.71 bits per heavy atom. The second-order valence-corrected chi connectivity index (χ2v) is 6.85. The molecule has 0 amide bonds. The molecular formula is C20H22O. The highest BCUT2D eigenvalue weighted by atomic mass is 16.5. The molecule has 1 nitrogen and oxygen atoms in total. The first-order valence-corrected chi connectivity index (χ1v) is 7.51. The molecule has 108 valence electrons. The van der Waals surface area contributed by atoms with Crippen LogP contribution in [0.15, 0.2) is 59.7 Å². The van der Waals surface area contributed by atoms with Crippen LogP contribution >= 0.6 is 0 Å². The predicted molar refractivity (Wildman–Crippen MR) is 87.3 cm³/mol. The minimum Gasteiger partial charge on any atom is -0.367 e. The minimum absolute atomic E-state index is 0.183. The van der Waals surface area contributed by atoms with Gasteiger partial charge in [-0.3, -0.25) is 0 Å². The molecule has 0 saturated carbocycles. The van der Waals surface area contributed by atoms with E-state index in [2.05, 4.69) is 75.9 Å². The third kappa shape index (κ3) is 2.63. The third-order valence-corrected chi connectivity index (χ3v) is 4.02. The Hall–Kier alpha value is -1.60. The van der Waals surface area contributed by atoms with E-state index in [0.717, 1.165) is 0 Å². The quantitative estimate of drug-likeness (QED) is 0.713. The van der Waals surface area contributed by atoms with Gasteiger partial charge in [-0.05, 0) is 22.1 Å². The fraction of sp³-hybridized carbons (Fsp3) is 0.350. The van der Waals surface area contributed by atoms with Crippen molar-refractivity contribution in [3.63, 3.8) is 0 Å². The predicted octanol–water partition coefficient (Wildman–Crippen LogP) is 4.91. The molecule has 0 unspecified atom stereocenters. The average Bonchev–Trinajstić information content (AvgIpc) is 2.93. The van der Waals surface area contributed by atoms with Crippen molar-refractivity contribution in [1.29, 1.82) is 0 Å². The molecule has 2 bridgehead atoms. The molecule has 1 heteroatoms. The summed E-state index contributed by atoms with van der Waals surface area (Å²) in [4.78, 5) is 0. The van der Waals surface area contributed by atoms with Gasteiger partial charge in [0.25, 0.3) is 0 Å². The van der Waals surface area contributed by atoms with Gasteiger partial charge < -0.3 is 4.74 Å². The first-order valence-electron chi connectivity index (χ1n) is 7.51. The molecule has 0 saturated heterocycles. The summed E-state index contributed by atoms with van der Waals surface area (Å²) in [6.45, 7) is 9.89. The topological polar surface area (TPSA) is 9.23 Å². The van der Waals surface area contributed by atoms with Crippen LogP contribution in [0, 0.1) is 23.9 Å². The van der Waals surface area contributed by atoms with E-state index in [1.807, 2.05) is 0 Å². The zero-order valence-electron chi connectivity index (χ0n) is 13.2. The Labute approximate surface area is 128 Å². The molecule has 2 aliphatic carbocycles. The van der Waals surface area contributed by atoms with Crippen molar-refractivity contribution in [2.24, 2.45) is 17.3 Å². The summed E-state index contributed by atoms with van der Waals surface area (Å²) in [5.41, 5.74) is 5.46.